The molecule has 5 aromatic carbocycles. The second kappa shape index (κ2) is 26.8. The van der Waals surface area contributed by atoms with E-state index >= 15 is 0 Å². The monoisotopic (exact) mass is 864 g/mol. The van der Waals surface area contributed by atoms with Crippen LogP contribution in [0.2, 0.25) is 0 Å². The number of aliphatic imine (C=N–C) groups is 1. The molecule has 63 heavy (non-hydrogen) atoms. The van der Waals surface area contributed by atoms with E-state index in [2.05, 4.69) is 27.8 Å². The van der Waals surface area contributed by atoms with Gasteiger partial charge in [-0.15, -0.1) is 0 Å². The van der Waals surface area contributed by atoms with Crippen molar-refractivity contribution in [2.45, 2.75) is 51.8 Å². The Kier molecular flexibility index (Phi) is 21.3. The topological polar surface area (TPSA) is 170 Å². The van der Waals surface area contributed by atoms with Crippen LogP contribution in [0.15, 0.2) is 102 Å². The van der Waals surface area contributed by atoms with Crippen molar-refractivity contribution >= 4 is 20.7 Å². The zero-order chi connectivity index (χ0) is 42.7. The van der Waals surface area contributed by atoms with E-state index < -0.39 is 6.67 Å². The van der Waals surface area contributed by atoms with Crippen molar-refractivity contribution in [1.82, 2.24) is 10.6 Å². The fourth-order valence-electron chi connectivity index (χ4n) is 7.24. The van der Waals surface area contributed by atoms with Gasteiger partial charge in [0, 0.05) is 70.3 Å². The predicted octanol–water partition coefficient (Wildman–Crippen LogP) is 3.09. The van der Waals surface area contributed by atoms with E-state index in [9.17, 15) is 9.18 Å². The van der Waals surface area contributed by atoms with Crippen molar-refractivity contribution in [3.8, 4) is 34.9 Å². The quantitative estimate of drug-likeness (QED) is 0.0474. The summed E-state index contributed by atoms with van der Waals surface area (Å²) in [5.41, 5.74) is 15.4. The van der Waals surface area contributed by atoms with Crippen LogP contribution in [0, 0.1) is 11.5 Å². The van der Waals surface area contributed by atoms with Gasteiger partial charge in [-0.1, -0.05) is 84.9 Å². The first-order valence-corrected chi connectivity index (χ1v) is 20.5. The van der Waals surface area contributed by atoms with Crippen LogP contribution in [0.3, 0.4) is 0 Å². The number of halogens is 1. The number of carbonyl (C=O) groups is 1. The van der Waals surface area contributed by atoms with Gasteiger partial charge in [-0.25, -0.2) is 9.38 Å². The Bertz CT molecular complexity index is 2240. The van der Waals surface area contributed by atoms with E-state index in [-0.39, 0.29) is 58.5 Å². The molecule has 0 saturated carbocycles. The molecule has 0 unspecified atom stereocenters. The number of nitrogens with one attached hydrogen (secondary N) is 2. The number of nitrogens with two attached hydrogens (primary N) is 1. The molecule has 0 aliphatic carbocycles. The second-order valence-electron chi connectivity index (χ2n) is 14.1. The standard InChI is InChI=1S/C13H15FN4O.C9H11NO.C9H10O2.C9H8O2.C8H8O.B.Na.H/c14-5-6-16-13(18-9-15)17-8-11-3-1-2-10-4-7-19-12(10)11;3*10-6-8-3-1-2-7-4-5-11-9(7)8;1-2-4-8-7(3-1)5-6-9-8;;;/h1-3H,4-8H2,(H2,16,17,18);1-3H,4-6,10H2;1-3,10H,4-6H2;1-3,6H,4-5H2;1-4H,5-6H2;;;/q;;;;;;+1;-1. The van der Waals surface area contributed by atoms with E-state index in [1.807, 2.05) is 78.9 Å². The molecule has 5 aromatic rings. The number of carbonyl (C=O) groups excluding carboxylic acids is 1. The van der Waals surface area contributed by atoms with E-state index in [4.69, 9.17) is 39.8 Å². The van der Waals surface area contributed by atoms with Gasteiger partial charge in [0.1, 0.15) is 35.4 Å². The summed E-state index contributed by atoms with van der Waals surface area (Å²) in [4.78, 5) is 14.7. The number of nitrogens with zero attached hydrogens (tertiary/aromatic N) is 2. The van der Waals surface area contributed by atoms with Crippen LogP contribution in [0.25, 0.3) is 0 Å². The molecular weight excluding hydrogens is 811 g/mol. The average molecular weight is 865 g/mol. The number of benzene rings is 5. The normalized spacial score (nSPS) is 13.5. The van der Waals surface area contributed by atoms with Crippen molar-refractivity contribution in [1.29, 1.82) is 5.26 Å². The van der Waals surface area contributed by atoms with Gasteiger partial charge in [-0.2, -0.15) is 5.26 Å². The number of para-hydroxylation sites is 5. The Morgan fingerprint density at radius 3 is 1.73 bits per heavy atom. The molecule has 12 nitrogen and oxygen atoms in total. The summed E-state index contributed by atoms with van der Waals surface area (Å²) in [5.74, 6) is 4.92. The third kappa shape index (κ3) is 14.0. The third-order valence-corrected chi connectivity index (χ3v) is 10.2. The largest absolute Gasteiger partial charge is 1.00 e. The summed E-state index contributed by atoms with van der Waals surface area (Å²) in [7, 11) is 0. The molecule has 0 amide bonds. The number of aliphatic hydroxyl groups excluding tert-OH is 1. The van der Waals surface area contributed by atoms with E-state index in [0.29, 0.717) is 31.9 Å². The number of guanidine groups is 1. The Balaban J connectivity index is 0.000000215. The number of nitriles is 1. The molecule has 5 aliphatic heterocycles. The van der Waals surface area contributed by atoms with Gasteiger partial charge in [0.2, 0.25) is 5.96 Å². The van der Waals surface area contributed by atoms with Crippen LogP contribution in [-0.4, -0.2) is 72.0 Å². The molecule has 0 aromatic heterocycles. The predicted molar refractivity (Wildman–Crippen MR) is 238 cm³/mol. The van der Waals surface area contributed by atoms with Gasteiger partial charge < -0.3 is 41.3 Å². The third-order valence-electron chi connectivity index (χ3n) is 10.2. The summed E-state index contributed by atoms with van der Waals surface area (Å²) >= 11 is 0. The minimum absolute atomic E-state index is 0. The fourth-order valence-corrected chi connectivity index (χ4v) is 7.24. The van der Waals surface area contributed by atoms with E-state index in [1.54, 1.807) is 12.3 Å². The minimum atomic E-state index is -0.518. The molecule has 5 N–H and O–H groups in total. The molecule has 10 rings (SSSR count). The maximum absolute atomic E-state index is 12.1. The number of alkyl halides is 1. The summed E-state index contributed by atoms with van der Waals surface area (Å²) in [6.45, 7) is 4.46. The molecule has 0 bridgehead atoms. The van der Waals surface area contributed by atoms with Crippen molar-refractivity contribution in [2.75, 3.05) is 46.3 Å². The molecule has 0 spiro atoms. The zero-order valence-corrected chi connectivity index (χ0v) is 37.7. The Hall–Kier alpha value is -5.56. The van der Waals surface area contributed by atoms with Crippen molar-refractivity contribution in [3.05, 3.63) is 147 Å². The molecule has 0 atom stereocenters. The Labute approximate surface area is 394 Å². The van der Waals surface area contributed by atoms with Crippen LogP contribution >= 0.6 is 0 Å². The first-order chi connectivity index (χ1) is 30.1. The van der Waals surface area contributed by atoms with Crippen LogP contribution in [0.5, 0.6) is 28.7 Å². The molecular formula is C48H53BFN5NaO7. The molecule has 3 radical (unpaired) electrons. The fraction of sp³-hybridized carbons (Fsp3) is 0.312. The van der Waals surface area contributed by atoms with Crippen LogP contribution in [0.1, 0.15) is 56.3 Å². The first-order valence-electron chi connectivity index (χ1n) is 20.5. The molecule has 5 aliphatic rings. The average Bonchev–Trinajstić information content (AvgIpc) is 4.17. The molecule has 323 valence electrons. The van der Waals surface area contributed by atoms with Gasteiger partial charge in [-0.3, -0.25) is 10.1 Å². The summed E-state index contributed by atoms with van der Waals surface area (Å²) in [5, 5.41) is 22.6. The maximum atomic E-state index is 12.1. The summed E-state index contributed by atoms with van der Waals surface area (Å²) in [6, 6.07) is 31.8. The maximum Gasteiger partial charge on any atom is 1.00 e. The van der Waals surface area contributed by atoms with Crippen molar-refractivity contribution in [3.63, 3.8) is 0 Å². The van der Waals surface area contributed by atoms with Crippen molar-refractivity contribution < 1.29 is 69.0 Å². The van der Waals surface area contributed by atoms with Gasteiger partial charge >= 0.3 is 29.6 Å². The zero-order valence-electron chi connectivity index (χ0n) is 36.7. The van der Waals surface area contributed by atoms with Gasteiger partial charge in [0.25, 0.3) is 0 Å². The number of fused-ring (bicyclic) bond motifs is 5. The summed E-state index contributed by atoms with van der Waals surface area (Å²) in [6.07, 6.45) is 7.53. The number of hydrogen-bond acceptors (Lipinski definition) is 10. The number of ether oxygens (including phenoxy) is 5. The van der Waals surface area contributed by atoms with Crippen LogP contribution in [0.4, 0.5) is 4.39 Å². The Morgan fingerprint density at radius 2 is 1.17 bits per heavy atom. The number of hydrogen-bond donors (Lipinski definition) is 4. The molecule has 0 fully saturated rings. The molecule has 0 saturated heterocycles. The van der Waals surface area contributed by atoms with E-state index in [0.717, 1.165) is 109 Å². The van der Waals surface area contributed by atoms with Crippen molar-refractivity contribution in [2.24, 2.45) is 10.7 Å². The molecule has 5 heterocycles. The van der Waals surface area contributed by atoms with E-state index in [1.165, 1.54) is 22.3 Å². The van der Waals surface area contributed by atoms with Crippen LogP contribution < -0.4 is 69.6 Å². The van der Waals surface area contributed by atoms with Gasteiger partial charge in [0.05, 0.1) is 51.7 Å². The van der Waals surface area contributed by atoms with Gasteiger partial charge in [-0.05, 0) is 39.9 Å². The number of aldehydes is 1. The summed E-state index contributed by atoms with van der Waals surface area (Å²) < 4.78 is 39.0. The van der Waals surface area contributed by atoms with Gasteiger partial charge in [0.15, 0.2) is 12.5 Å². The smallest absolute Gasteiger partial charge is 1.00 e. The Morgan fingerprint density at radius 1 is 0.698 bits per heavy atom. The SMILES string of the molecule is N#CNC(=NCc1cccc2c1OCC2)NCCF.NCc1cccc2c1OCC2.O=Cc1cccc2c1OCC2.OCc1cccc2c1OCC2.[B].[H-].[Na+].c1ccc2c(c1)CCO2. The number of rotatable bonds is 7. The van der Waals surface area contributed by atoms with Crippen LogP contribution in [-0.2, 0) is 51.8 Å². The first kappa shape index (κ1) is 50.1. The molecule has 15 heteroatoms. The second-order valence-corrected chi connectivity index (χ2v) is 14.1. The number of aliphatic hydroxyl groups is 1. The minimum Gasteiger partial charge on any atom is -1.00 e.